The summed E-state index contributed by atoms with van der Waals surface area (Å²) in [5.74, 6) is -0.125. The summed E-state index contributed by atoms with van der Waals surface area (Å²) in [6, 6.07) is 7.43. The minimum absolute atomic E-state index is 0.0135. The molecule has 0 atom stereocenters. The molecule has 0 bridgehead atoms. The van der Waals surface area contributed by atoms with E-state index >= 15 is 0 Å². The Morgan fingerprint density at radius 3 is 2.48 bits per heavy atom. The lowest BCUT2D eigenvalue weighted by molar-refractivity contribution is 0.0914. The molecule has 1 aliphatic rings. The van der Waals surface area contributed by atoms with Crippen LogP contribution in [0.5, 0.6) is 0 Å². The van der Waals surface area contributed by atoms with Gasteiger partial charge in [0.15, 0.2) is 11.6 Å². The van der Waals surface area contributed by atoms with E-state index in [4.69, 9.17) is 0 Å². The van der Waals surface area contributed by atoms with Crippen LogP contribution < -0.4 is 0 Å². The monoisotopic (exact) mass is 336 g/mol. The average Bonchev–Trinajstić information content (AvgIpc) is 2.59. The summed E-state index contributed by atoms with van der Waals surface area (Å²) >= 11 is 0. The number of aryl methyl sites for hydroxylation is 2. The van der Waals surface area contributed by atoms with Gasteiger partial charge in [0.1, 0.15) is 5.69 Å². The maximum absolute atomic E-state index is 12.4. The second-order valence-electron chi connectivity index (χ2n) is 7.50. The molecule has 1 heterocycles. The van der Waals surface area contributed by atoms with Gasteiger partial charge in [-0.15, -0.1) is 0 Å². The van der Waals surface area contributed by atoms with Gasteiger partial charge in [-0.2, -0.15) is 0 Å². The van der Waals surface area contributed by atoms with Gasteiger partial charge < -0.3 is 0 Å². The fourth-order valence-electron chi connectivity index (χ4n) is 3.36. The Kier molecular flexibility index (Phi) is 4.80. The van der Waals surface area contributed by atoms with E-state index in [9.17, 15) is 9.59 Å². The van der Waals surface area contributed by atoms with Crippen LogP contribution in [-0.4, -0.2) is 21.5 Å². The Hall–Kier alpha value is -2.36. The van der Waals surface area contributed by atoms with Crippen LogP contribution in [0.25, 0.3) is 0 Å². The average molecular weight is 336 g/mol. The van der Waals surface area contributed by atoms with Gasteiger partial charge in [0.2, 0.25) is 0 Å². The van der Waals surface area contributed by atoms with Crippen molar-refractivity contribution < 1.29 is 9.59 Å². The third-order valence-electron chi connectivity index (χ3n) is 4.94. The van der Waals surface area contributed by atoms with Crippen LogP contribution in [0.2, 0.25) is 0 Å². The van der Waals surface area contributed by atoms with Gasteiger partial charge in [0, 0.05) is 23.8 Å². The lowest BCUT2D eigenvalue weighted by Crippen LogP contribution is -2.27. The molecule has 0 saturated carbocycles. The predicted molar refractivity (Wildman–Crippen MR) is 97.1 cm³/mol. The number of carbonyl (C=O) groups excluding carboxylic acids is 2. The van der Waals surface area contributed by atoms with E-state index < -0.39 is 0 Å². The summed E-state index contributed by atoms with van der Waals surface area (Å²) < 4.78 is 0. The standard InChI is InChI=1S/C21H24N2O2/c1-14-6-8-15(9-7-14)18(24)10-11-19(25)17-13-22-20-16(23-17)5-4-12-21(20,2)3/h6-9,13H,4-5,10-12H2,1-3H3. The maximum Gasteiger partial charge on any atom is 0.183 e. The van der Waals surface area contributed by atoms with E-state index in [2.05, 4.69) is 23.8 Å². The normalized spacial score (nSPS) is 15.5. The van der Waals surface area contributed by atoms with Gasteiger partial charge in [0.05, 0.1) is 17.6 Å². The fourth-order valence-corrected chi connectivity index (χ4v) is 3.36. The second-order valence-corrected chi connectivity index (χ2v) is 7.50. The SMILES string of the molecule is Cc1ccc(C(=O)CCC(=O)c2cnc3c(n2)CCCC3(C)C)cc1. The number of benzene rings is 1. The number of hydrogen-bond donors (Lipinski definition) is 0. The summed E-state index contributed by atoms with van der Waals surface area (Å²) in [6.45, 7) is 6.32. The molecule has 2 aromatic rings. The first-order valence-corrected chi connectivity index (χ1v) is 8.86. The summed E-state index contributed by atoms with van der Waals surface area (Å²) in [4.78, 5) is 33.7. The Bertz CT molecular complexity index is 807. The lowest BCUT2D eigenvalue weighted by Gasteiger charge is -2.30. The first-order valence-electron chi connectivity index (χ1n) is 8.86. The molecule has 3 rings (SSSR count). The van der Waals surface area contributed by atoms with Crippen LogP contribution >= 0.6 is 0 Å². The van der Waals surface area contributed by atoms with E-state index in [-0.39, 0.29) is 29.8 Å². The van der Waals surface area contributed by atoms with E-state index in [1.807, 2.05) is 31.2 Å². The first kappa shape index (κ1) is 17.5. The first-order chi connectivity index (χ1) is 11.9. The topological polar surface area (TPSA) is 59.9 Å². The third-order valence-corrected chi connectivity index (χ3v) is 4.94. The van der Waals surface area contributed by atoms with Gasteiger partial charge in [-0.25, -0.2) is 4.98 Å². The van der Waals surface area contributed by atoms with E-state index in [0.29, 0.717) is 11.3 Å². The summed E-state index contributed by atoms with van der Waals surface area (Å²) in [5, 5.41) is 0. The van der Waals surface area contributed by atoms with Gasteiger partial charge >= 0.3 is 0 Å². The van der Waals surface area contributed by atoms with Crippen molar-refractivity contribution in [2.24, 2.45) is 0 Å². The quantitative estimate of drug-likeness (QED) is 0.766. The highest BCUT2D eigenvalue weighted by molar-refractivity contribution is 6.01. The molecule has 130 valence electrons. The molecule has 0 aliphatic heterocycles. The van der Waals surface area contributed by atoms with Crippen molar-refractivity contribution in [2.45, 2.75) is 58.3 Å². The minimum Gasteiger partial charge on any atom is -0.294 e. The zero-order valence-corrected chi connectivity index (χ0v) is 15.1. The highest BCUT2D eigenvalue weighted by atomic mass is 16.1. The van der Waals surface area contributed by atoms with Crippen molar-refractivity contribution in [3.8, 4) is 0 Å². The maximum atomic E-state index is 12.4. The molecule has 25 heavy (non-hydrogen) atoms. The highest BCUT2D eigenvalue weighted by Crippen LogP contribution is 2.34. The van der Waals surface area contributed by atoms with Crippen molar-refractivity contribution in [1.82, 2.24) is 9.97 Å². The van der Waals surface area contributed by atoms with Gasteiger partial charge in [-0.1, -0.05) is 43.7 Å². The van der Waals surface area contributed by atoms with Crippen molar-refractivity contribution in [3.63, 3.8) is 0 Å². The second kappa shape index (κ2) is 6.87. The largest absolute Gasteiger partial charge is 0.294 e. The molecule has 1 aromatic carbocycles. The Balaban J connectivity index is 1.67. The molecule has 0 N–H and O–H groups in total. The van der Waals surface area contributed by atoms with Crippen molar-refractivity contribution in [1.29, 1.82) is 0 Å². The zero-order valence-electron chi connectivity index (χ0n) is 15.1. The van der Waals surface area contributed by atoms with Crippen LogP contribution in [-0.2, 0) is 11.8 Å². The molecule has 1 aromatic heterocycles. The molecule has 0 unspecified atom stereocenters. The van der Waals surface area contributed by atoms with Crippen molar-refractivity contribution in [3.05, 3.63) is 58.7 Å². The number of rotatable bonds is 5. The molecule has 0 amide bonds. The molecule has 4 heteroatoms. The number of hydrogen-bond acceptors (Lipinski definition) is 4. The smallest absolute Gasteiger partial charge is 0.183 e. The number of aromatic nitrogens is 2. The Morgan fingerprint density at radius 1 is 1.08 bits per heavy atom. The van der Waals surface area contributed by atoms with E-state index in [1.54, 1.807) is 6.20 Å². The van der Waals surface area contributed by atoms with E-state index in [1.165, 1.54) is 0 Å². The molecule has 0 spiro atoms. The molecule has 0 radical (unpaired) electrons. The van der Waals surface area contributed by atoms with Crippen LogP contribution in [0.3, 0.4) is 0 Å². The highest BCUT2D eigenvalue weighted by Gasteiger charge is 2.30. The van der Waals surface area contributed by atoms with Crippen LogP contribution in [0.15, 0.2) is 30.5 Å². The Labute approximate surface area is 148 Å². The molecule has 4 nitrogen and oxygen atoms in total. The number of fused-ring (bicyclic) bond motifs is 1. The number of nitrogens with zero attached hydrogens (tertiary/aromatic N) is 2. The fraction of sp³-hybridized carbons (Fsp3) is 0.429. The lowest BCUT2D eigenvalue weighted by atomic mass is 9.77. The van der Waals surface area contributed by atoms with Gasteiger partial charge in [-0.05, 0) is 26.2 Å². The minimum atomic E-state index is -0.112. The van der Waals surface area contributed by atoms with Crippen molar-refractivity contribution in [2.75, 3.05) is 0 Å². The summed E-state index contributed by atoms with van der Waals surface area (Å²) in [6.07, 6.45) is 4.97. The summed E-state index contributed by atoms with van der Waals surface area (Å²) in [5.41, 5.74) is 4.10. The zero-order chi connectivity index (χ0) is 18.0. The van der Waals surface area contributed by atoms with Gasteiger partial charge in [-0.3, -0.25) is 14.6 Å². The molecule has 0 fully saturated rings. The van der Waals surface area contributed by atoms with Crippen LogP contribution in [0, 0.1) is 6.92 Å². The number of carbonyl (C=O) groups is 2. The Morgan fingerprint density at radius 2 is 1.76 bits per heavy atom. The summed E-state index contributed by atoms with van der Waals surface area (Å²) in [7, 11) is 0. The van der Waals surface area contributed by atoms with Crippen molar-refractivity contribution >= 4 is 11.6 Å². The third kappa shape index (κ3) is 3.84. The molecular weight excluding hydrogens is 312 g/mol. The van der Waals surface area contributed by atoms with E-state index in [0.717, 1.165) is 36.2 Å². The van der Waals surface area contributed by atoms with Crippen LogP contribution in [0.1, 0.15) is 77.3 Å². The number of ketones is 2. The molecule has 0 saturated heterocycles. The molecule has 1 aliphatic carbocycles. The number of Topliss-reactive ketones (excluding diaryl/α,β-unsaturated/α-hetero) is 2. The predicted octanol–water partition coefficient (Wildman–Crippen LogP) is 4.24. The van der Waals surface area contributed by atoms with Crippen LogP contribution in [0.4, 0.5) is 0 Å². The molecular formula is C21H24N2O2. The van der Waals surface area contributed by atoms with Gasteiger partial charge in [0.25, 0.3) is 0 Å².